The van der Waals surface area contributed by atoms with Gasteiger partial charge in [-0.1, -0.05) is 12.0 Å². The van der Waals surface area contributed by atoms with Gasteiger partial charge in [-0.15, -0.1) is 0 Å². The van der Waals surface area contributed by atoms with E-state index in [0.717, 1.165) is 5.69 Å². The fraction of sp³-hybridized carbons (Fsp3) is 0.357. The standard InChI is InChI=1S/C14H15NO3/c1-18-14(17)9-4-2-3-8-13(16)11-12-7-5-6-10-15-12/h5-7,10H,2-3,8,11H2,1H3. The highest BCUT2D eigenvalue weighted by Gasteiger charge is 2.03. The molecule has 0 atom stereocenters. The van der Waals surface area contributed by atoms with Crippen LogP contribution in [0.15, 0.2) is 24.4 Å². The zero-order valence-electron chi connectivity index (χ0n) is 10.3. The molecule has 0 unspecified atom stereocenters. The fourth-order valence-corrected chi connectivity index (χ4v) is 1.35. The van der Waals surface area contributed by atoms with Crippen LogP contribution >= 0.6 is 0 Å². The summed E-state index contributed by atoms with van der Waals surface area (Å²) in [5.74, 6) is 4.57. The van der Waals surface area contributed by atoms with Crippen molar-refractivity contribution < 1.29 is 14.3 Å². The third kappa shape index (κ3) is 5.80. The maximum absolute atomic E-state index is 11.6. The van der Waals surface area contributed by atoms with Crippen LogP contribution in [0.5, 0.6) is 0 Å². The summed E-state index contributed by atoms with van der Waals surface area (Å²) < 4.78 is 4.37. The van der Waals surface area contributed by atoms with Crippen LogP contribution in [0.2, 0.25) is 0 Å². The largest absolute Gasteiger partial charge is 0.459 e. The van der Waals surface area contributed by atoms with Crippen LogP contribution in [0, 0.1) is 11.8 Å². The average molecular weight is 245 g/mol. The molecule has 0 spiro atoms. The zero-order chi connectivity index (χ0) is 13.2. The van der Waals surface area contributed by atoms with Gasteiger partial charge in [0.15, 0.2) is 0 Å². The van der Waals surface area contributed by atoms with Gasteiger partial charge in [-0.3, -0.25) is 9.78 Å². The van der Waals surface area contributed by atoms with E-state index in [1.165, 1.54) is 7.11 Å². The number of ketones is 1. The van der Waals surface area contributed by atoms with Crippen molar-refractivity contribution in [3.63, 3.8) is 0 Å². The first kappa shape index (κ1) is 13.9. The molecule has 1 rings (SSSR count). The molecule has 0 aliphatic rings. The Morgan fingerprint density at radius 2 is 2.22 bits per heavy atom. The van der Waals surface area contributed by atoms with Crippen molar-refractivity contribution in [1.29, 1.82) is 0 Å². The first-order valence-corrected chi connectivity index (χ1v) is 5.71. The third-order valence-corrected chi connectivity index (χ3v) is 2.24. The molecule has 0 aliphatic heterocycles. The fourth-order valence-electron chi connectivity index (χ4n) is 1.35. The van der Waals surface area contributed by atoms with Crippen molar-refractivity contribution in [2.75, 3.05) is 7.11 Å². The van der Waals surface area contributed by atoms with E-state index in [2.05, 4.69) is 21.6 Å². The monoisotopic (exact) mass is 245 g/mol. The molecule has 0 radical (unpaired) electrons. The molecule has 1 heterocycles. The van der Waals surface area contributed by atoms with Gasteiger partial charge in [-0.05, 0) is 18.6 Å². The van der Waals surface area contributed by atoms with E-state index >= 15 is 0 Å². The first-order valence-electron chi connectivity index (χ1n) is 5.71. The second kappa shape index (κ2) is 8.02. The Morgan fingerprint density at radius 1 is 1.39 bits per heavy atom. The Kier molecular flexibility index (Phi) is 6.20. The van der Waals surface area contributed by atoms with Crippen LogP contribution < -0.4 is 0 Å². The highest BCUT2D eigenvalue weighted by molar-refractivity contribution is 5.88. The molecule has 0 fully saturated rings. The van der Waals surface area contributed by atoms with Crippen molar-refractivity contribution >= 4 is 11.8 Å². The van der Waals surface area contributed by atoms with Crippen LogP contribution in [-0.4, -0.2) is 23.8 Å². The number of unbranched alkanes of at least 4 members (excludes halogenated alkanes) is 1. The summed E-state index contributed by atoms with van der Waals surface area (Å²) in [7, 11) is 1.29. The van der Waals surface area contributed by atoms with Gasteiger partial charge in [0, 0.05) is 37.1 Å². The predicted molar refractivity (Wildman–Crippen MR) is 66.6 cm³/mol. The van der Waals surface area contributed by atoms with Gasteiger partial charge < -0.3 is 4.74 Å². The molecule has 0 bridgehead atoms. The lowest BCUT2D eigenvalue weighted by molar-refractivity contribution is -0.133. The lowest BCUT2D eigenvalue weighted by atomic mass is 10.1. The summed E-state index contributed by atoms with van der Waals surface area (Å²) in [4.78, 5) is 26.4. The van der Waals surface area contributed by atoms with Gasteiger partial charge >= 0.3 is 5.97 Å². The van der Waals surface area contributed by atoms with Gasteiger partial charge in [-0.2, -0.15) is 0 Å². The second-order valence-corrected chi connectivity index (χ2v) is 3.68. The molecule has 1 aromatic rings. The molecule has 0 saturated heterocycles. The van der Waals surface area contributed by atoms with Gasteiger partial charge in [0.1, 0.15) is 5.78 Å². The van der Waals surface area contributed by atoms with Gasteiger partial charge in [0.25, 0.3) is 0 Å². The molecule has 4 heteroatoms. The van der Waals surface area contributed by atoms with Crippen LogP contribution in [0.3, 0.4) is 0 Å². The van der Waals surface area contributed by atoms with E-state index in [0.29, 0.717) is 25.7 Å². The number of ether oxygens (including phenoxy) is 1. The topological polar surface area (TPSA) is 56.3 Å². The van der Waals surface area contributed by atoms with Crippen LogP contribution in [0.25, 0.3) is 0 Å². The number of nitrogens with zero attached hydrogens (tertiary/aromatic N) is 1. The SMILES string of the molecule is COC(=O)C#CCCCC(=O)Cc1ccccn1. The molecule has 0 aromatic carbocycles. The Balaban J connectivity index is 2.21. The Morgan fingerprint density at radius 3 is 2.89 bits per heavy atom. The first-order chi connectivity index (χ1) is 8.72. The summed E-state index contributed by atoms with van der Waals surface area (Å²) in [5, 5.41) is 0. The number of aromatic nitrogens is 1. The molecular weight excluding hydrogens is 230 g/mol. The molecule has 0 aliphatic carbocycles. The third-order valence-electron chi connectivity index (χ3n) is 2.24. The average Bonchev–Trinajstić information content (AvgIpc) is 2.39. The van der Waals surface area contributed by atoms with Crippen molar-refractivity contribution in [2.45, 2.75) is 25.7 Å². The van der Waals surface area contributed by atoms with Crippen molar-refractivity contribution in [2.24, 2.45) is 0 Å². The number of hydrogen-bond donors (Lipinski definition) is 0. The smallest absolute Gasteiger partial charge is 0.384 e. The summed E-state index contributed by atoms with van der Waals surface area (Å²) in [5.41, 5.74) is 0.781. The minimum Gasteiger partial charge on any atom is -0.459 e. The number of carbonyl (C=O) groups excluding carboxylic acids is 2. The lowest BCUT2D eigenvalue weighted by Gasteiger charge is -1.98. The molecule has 0 saturated carbocycles. The summed E-state index contributed by atoms with van der Waals surface area (Å²) >= 11 is 0. The number of carbonyl (C=O) groups is 2. The molecule has 0 amide bonds. The van der Waals surface area contributed by atoms with E-state index in [1.54, 1.807) is 6.20 Å². The maximum Gasteiger partial charge on any atom is 0.384 e. The molecule has 4 nitrogen and oxygen atoms in total. The minimum absolute atomic E-state index is 0.133. The molecule has 94 valence electrons. The molecule has 0 N–H and O–H groups in total. The Labute approximate surface area is 106 Å². The summed E-state index contributed by atoms with van der Waals surface area (Å²) in [6.45, 7) is 0. The highest BCUT2D eigenvalue weighted by Crippen LogP contribution is 2.01. The van der Waals surface area contributed by atoms with Gasteiger partial charge in [-0.25, -0.2) is 4.79 Å². The summed E-state index contributed by atoms with van der Waals surface area (Å²) in [6, 6.07) is 5.50. The van der Waals surface area contributed by atoms with Crippen molar-refractivity contribution in [3.05, 3.63) is 30.1 Å². The second-order valence-electron chi connectivity index (χ2n) is 3.68. The molecule has 1 aromatic heterocycles. The van der Waals surface area contributed by atoms with Crippen molar-refractivity contribution in [3.8, 4) is 11.8 Å². The number of Topliss-reactive ketones (excluding diaryl/α,β-unsaturated/α-hetero) is 1. The quantitative estimate of drug-likeness (QED) is 0.342. The van der Waals surface area contributed by atoms with E-state index in [4.69, 9.17) is 0 Å². The number of rotatable bonds is 5. The van der Waals surface area contributed by atoms with Gasteiger partial charge in [0.05, 0.1) is 7.11 Å². The zero-order valence-corrected chi connectivity index (χ0v) is 10.3. The maximum atomic E-state index is 11.6. The normalized spacial score (nSPS) is 9.17. The Bertz CT molecular complexity index is 457. The number of pyridine rings is 1. The van der Waals surface area contributed by atoms with Crippen LogP contribution in [0.1, 0.15) is 25.0 Å². The molecule has 18 heavy (non-hydrogen) atoms. The van der Waals surface area contributed by atoms with Crippen LogP contribution in [0.4, 0.5) is 0 Å². The number of esters is 1. The van der Waals surface area contributed by atoms with Crippen LogP contribution in [-0.2, 0) is 20.7 Å². The number of hydrogen-bond acceptors (Lipinski definition) is 4. The van der Waals surface area contributed by atoms with E-state index in [-0.39, 0.29) is 5.78 Å². The van der Waals surface area contributed by atoms with E-state index in [9.17, 15) is 9.59 Å². The summed E-state index contributed by atoms with van der Waals surface area (Å²) in [6.07, 6.45) is 3.64. The predicted octanol–water partition coefficient (Wildman–Crippen LogP) is 1.54. The lowest BCUT2D eigenvalue weighted by Crippen LogP contribution is -2.03. The van der Waals surface area contributed by atoms with Gasteiger partial charge in [0.2, 0.25) is 0 Å². The van der Waals surface area contributed by atoms with Crippen molar-refractivity contribution in [1.82, 2.24) is 4.98 Å². The highest BCUT2D eigenvalue weighted by atomic mass is 16.5. The number of methoxy groups -OCH3 is 1. The molecular formula is C14H15NO3. The minimum atomic E-state index is -0.546. The van der Waals surface area contributed by atoms with E-state index in [1.807, 2.05) is 18.2 Å². The Hall–Kier alpha value is -2.15. The van der Waals surface area contributed by atoms with E-state index < -0.39 is 5.97 Å².